The average molecular weight is 147 g/mol. The van der Waals surface area contributed by atoms with Gasteiger partial charge in [-0.1, -0.05) is 13.8 Å². The average Bonchev–Trinajstić information content (AvgIpc) is 1.63. The number of carbonyl (C=O) groups excluding carboxylic acids is 1. The van der Waals surface area contributed by atoms with Crippen LogP contribution in [0.2, 0.25) is 0 Å². The maximum atomic E-state index is 10.5. The molecule has 3 heteroatoms. The smallest absolute Gasteiger partial charge is 0.202 e. The highest BCUT2D eigenvalue weighted by Gasteiger charge is 2.07. The molecule has 54 valence electrons. The van der Waals surface area contributed by atoms with E-state index in [2.05, 4.69) is 17.9 Å². The highest BCUT2D eigenvalue weighted by atomic mass is 32.1. The van der Waals surface area contributed by atoms with Crippen LogP contribution in [0.1, 0.15) is 20.8 Å². The molecule has 0 aliphatic carbocycles. The van der Waals surface area contributed by atoms with Crippen LogP contribution in [-0.2, 0) is 4.79 Å². The lowest BCUT2D eigenvalue weighted by Gasteiger charge is -2.11. The van der Waals surface area contributed by atoms with E-state index in [9.17, 15) is 4.79 Å². The second-order valence-corrected chi connectivity index (χ2v) is 2.82. The number of thiol groups is 1. The summed E-state index contributed by atoms with van der Waals surface area (Å²) in [5, 5.41) is 2.91. The lowest BCUT2D eigenvalue weighted by Crippen LogP contribution is -2.36. The van der Waals surface area contributed by atoms with Crippen molar-refractivity contribution in [3.8, 4) is 0 Å². The molecule has 0 fully saturated rings. The molecule has 1 atom stereocenters. The Labute approximate surface area is 61.4 Å². The zero-order valence-corrected chi connectivity index (χ0v) is 6.90. The Bertz CT molecular complexity index is 103. The molecule has 0 aromatic heterocycles. The lowest BCUT2D eigenvalue weighted by molar-refractivity contribution is -0.112. The fourth-order valence-electron chi connectivity index (χ4n) is 0.571. The summed E-state index contributed by atoms with van der Waals surface area (Å²) in [6.07, 6.45) is 0. The molecule has 0 radical (unpaired) electrons. The molecule has 0 bridgehead atoms. The molecule has 0 rings (SSSR count). The van der Waals surface area contributed by atoms with Crippen molar-refractivity contribution in [2.24, 2.45) is 0 Å². The van der Waals surface area contributed by atoms with Gasteiger partial charge in [0, 0.05) is 6.04 Å². The third-order valence-corrected chi connectivity index (χ3v) is 1.34. The molecule has 0 saturated heterocycles. The number of hydrogen-bond donors (Lipinski definition) is 2. The van der Waals surface area contributed by atoms with Gasteiger partial charge >= 0.3 is 0 Å². The summed E-state index contributed by atoms with van der Waals surface area (Å²) < 4.78 is 0. The minimum Gasteiger partial charge on any atom is -0.305 e. The summed E-state index contributed by atoms with van der Waals surface area (Å²) in [7, 11) is 0. The molecule has 0 aliphatic heterocycles. The van der Waals surface area contributed by atoms with Crippen molar-refractivity contribution in [3.63, 3.8) is 0 Å². The Balaban J connectivity index is 3.50. The molecule has 9 heavy (non-hydrogen) atoms. The first-order valence-corrected chi connectivity index (χ1v) is 3.47. The van der Waals surface area contributed by atoms with Gasteiger partial charge in [0.05, 0.1) is 6.04 Å². The van der Waals surface area contributed by atoms with Crippen molar-refractivity contribution in [1.82, 2.24) is 5.32 Å². The number of carbonyl (C=O) groups is 1. The van der Waals surface area contributed by atoms with Gasteiger partial charge < -0.3 is 5.32 Å². The molecule has 0 unspecified atom stereocenters. The van der Waals surface area contributed by atoms with Crippen molar-refractivity contribution in [1.29, 1.82) is 0 Å². The van der Waals surface area contributed by atoms with Crippen molar-refractivity contribution in [2.75, 3.05) is 0 Å². The molecular formula is C6H13NOS. The first-order valence-electron chi connectivity index (χ1n) is 3.03. The zero-order valence-electron chi connectivity index (χ0n) is 6.01. The van der Waals surface area contributed by atoms with Crippen LogP contribution in [-0.4, -0.2) is 17.2 Å². The quantitative estimate of drug-likeness (QED) is 0.579. The molecule has 1 N–H and O–H groups in total. The van der Waals surface area contributed by atoms with Gasteiger partial charge in [0.25, 0.3) is 0 Å². The van der Waals surface area contributed by atoms with E-state index in [1.54, 1.807) is 6.92 Å². The number of rotatable bonds is 3. The maximum absolute atomic E-state index is 10.5. The third kappa shape index (κ3) is 4.48. The summed E-state index contributed by atoms with van der Waals surface area (Å²) in [6, 6.07) is 0.212. The molecule has 0 aromatic rings. The summed E-state index contributed by atoms with van der Waals surface area (Å²) in [5.41, 5.74) is 0. The predicted octanol–water partition coefficient (Wildman–Crippen LogP) is 0.829. The molecular weight excluding hydrogens is 134 g/mol. The molecule has 0 aliphatic rings. The van der Waals surface area contributed by atoms with Gasteiger partial charge in [-0.2, -0.15) is 0 Å². The van der Waals surface area contributed by atoms with Gasteiger partial charge in [-0.05, 0) is 6.92 Å². The topological polar surface area (TPSA) is 29.1 Å². The van der Waals surface area contributed by atoms with Gasteiger partial charge in [-0.15, -0.1) is 12.6 Å². The second kappa shape index (κ2) is 3.90. The van der Waals surface area contributed by atoms with E-state index in [0.29, 0.717) is 6.04 Å². The maximum Gasteiger partial charge on any atom is 0.202 e. The Morgan fingerprint density at radius 2 is 1.89 bits per heavy atom. The first kappa shape index (κ1) is 8.98. The van der Waals surface area contributed by atoms with E-state index in [1.165, 1.54) is 0 Å². The van der Waals surface area contributed by atoms with E-state index in [0.717, 1.165) is 0 Å². The van der Waals surface area contributed by atoms with Crippen molar-refractivity contribution < 1.29 is 4.79 Å². The lowest BCUT2D eigenvalue weighted by atomic mass is 10.3. The highest BCUT2D eigenvalue weighted by Crippen LogP contribution is 1.90. The van der Waals surface area contributed by atoms with Crippen LogP contribution in [0.3, 0.4) is 0 Å². The second-order valence-electron chi connectivity index (χ2n) is 2.38. The Morgan fingerprint density at radius 3 is 2.00 bits per heavy atom. The number of hydrogen-bond acceptors (Lipinski definition) is 2. The SMILES string of the molecule is CC(C)N[C@@H](C)C(=O)S. The van der Waals surface area contributed by atoms with Crippen molar-refractivity contribution >= 4 is 17.7 Å². The molecule has 2 nitrogen and oxygen atoms in total. The van der Waals surface area contributed by atoms with Crippen LogP contribution in [0.25, 0.3) is 0 Å². The van der Waals surface area contributed by atoms with Crippen LogP contribution in [0.5, 0.6) is 0 Å². The van der Waals surface area contributed by atoms with E-state index in [-0.39, 0.29) is 11.2 Å². The largest absolute Gasteiger partial charge is 0.305 e. The van der Waals surface area contributed by atoms with Crippen molar-refractivity contribution in [2.45, 2.75) is 32.9 Å². The van der Waals surface area contributed by atoms with Crippen LogP contribution in [0.4, 0.5) is 0 Å². The predicted molar refractivity (Wildman–Crippen MR) is 41.7 cm³/mol. The molecule has 0 heterocycles. The molecule has 0 spiro atoms. The van der Waals surface area contributed by atoms with Crippen LogP contribution in [0.15, 0.2) is 0 Å². The third-order valence-electron chi connectivity index (χ3n) is 0.954. The number of nitrogens with one attached hydrogen (secondary N) is 1. The van der Waals surface area contributed by atoms with E-state index in [1.807, 2.05) is 13.8 Å². The summed E-state index contributed by atoms with van der Waals surface area (Å²) in [4.78, 5) is 10.5. The minimum absolute atomic E-state index is 0.108. The zero-order chi connectivity index (χ0) is 7.44. The van der Waals surface area contributed by atoms with Crippen molar-refractivity contribution in [3.05, 3.63) is 0 Å². The normalized spacial score (nSPS) is 13.9. The summed E-state index contributed by atoms with van der Waals surface area (Å²) in [6.45, 7) is 5.79. The van der Waals surface area contributed by atoms with Crippen LogP contribution < -0.4 is 5.32 Å². The Hall–Kier alpha value is -0.0200. The Morgan fingerprint density at radius 1 is 1.44 bits per heavy atom. The van der Waals surface area contributed by atoms with E-state index in [4.69, 9.17) is 0 Å². The van der Waals surface area contributed by atoms with Crippen LogP contribution in [0, 0.1) is 0 Å². The molecule has 0 saturated carbocycles. The van der Waals surface area contributed by atoms with E-state index >= 15 is 0 Å². The van der Waals surface area contributed by atoms with Gasteiger partial charge in [0.1, 0.15) is 0 Å². The van der Waals surface area contributed by atoms with Gasteiger partial charge in [0.2, 0.25) is 5.12 Å². The van der Waals surface area contributed by atoms with E-state index < -0.39 is 0 Å². The fourth-order valence-corrected chi connectivity index (χ4v) is 0.646. The molecule has 0 aromatic carbocycles. The van der Waals surface area contributed by atoms with Gasteiger partial charge in [-0.25, -0.2) is 0 Å². The monoisotopic (exact) mass is 147 g/mol. The fraction of sp³-hybridized carbons (Fsp3) is 0.833. The van der Waals surface area contributed by atoms with Gasteiger partial charge in [0.15, 0.2) is 0 Å². The van der Waals surface area contributed by atoms with Gasteiger partial charge in [-0.3, -0.25) is 4.79 Å². The summed E-state index contributed by atoms with van der Waals surface area (Å²) >= 11 is 3.67. The highest BCUT2D eigenvalue weighted by molar-refractivity contribution is 7.96. The van der Waals surface area contributed by atoms with Crippen LogP contribution >= 0.6 is 12.6 Å². The molecule has 0 amide bonds. The standard InChI is InChI=1S/C6H13NOS/c1-4(2)7-5(3)6(8)9/h4-5,7H,1-3H3,(H,8,9)/t5-/m0/s1. The summed E-state index contributed by atoms with van der Waals surface area (Å²) in [5.74, 6) is 0. The minimum atomic E-state index is -0.131. The first-order chi connectivity index (χ1) is 4.04. The Kier molecular flexibility index (Phi) is 3.89.